The zero-order valence-electron chi connectivity index (χ0n) is 17.7. The van der Waals surface area contributed by atoms with E-state index in [1.807, 2.05) is 24.0 Å². The second-order valence-electron chi connectivity index (χ2n) is 7.23. The van der Waals surface area contributed by atoms with Crippen LogP contribution in [0.25, 0.3) is 0 Å². The van der Waals surface area contributed by atoms with Gasteiger partial charge in [-0.3, -0.25) is 9.58 Å². The van der Waals surface area contributed by atoms with Gasteiger partial charge in [-0.2, -0.15) is 5.10 Å². The number of aryl methyl sites for hydroxylation is 1. The van der Waals surface area contributed by atoms with Gasteiger partial charge in [-0.05, 0) is 32.0 Å². The van der Waals surface area contributed by atoms with Gasteiger partial charge in [0.15, 0.2) is 5.96 Å². The summed E-state index contributed by atoms with van der Waals surface area (Å²) in [4.78, 5) is 9.71. The van der Waals surface area contributed by atoms with E-state index in [1.165, 1.54) is 5.69 Å². The summed E-state index contributed by atoms with van der Waals surface area (Å²) in [6.45, 7) is 11.0. The molecule has 29 heavy (non-hydrogen) atoms. The minimum atomic E-state index is 0. The number of halogens is 1. The molecule has 1 aliphatic heterocycles. The van der Waals surface area contributed by atoms with Crippen molar-refractivity contribution < 1.29 is 0 Å². The normalized spacial score (nSPS) is 16.2. The average Bonchev–Trinajstić information content (AvgIpc) is 3.15. The summed E-state index contributed by atoms with van der Waals surface area (Å²) in [5.74, 6) is 0.860. The summed E-state index contributed by atoms with van der Waals surface area (Å²) in [7, 11) is 1.95. The Labute approximate surface area is 191 Å². The molecule has 0 saturated carbocycles. The summed E-state index contributed by atoms with van der Waals surface area (Å²) in [5, 5.41) is 11.0. The first-order valence-corrected chi connectivity index (χ1v) is 10.2. The number of aliphatic imine (C=N–C) groups is 1. The number of nitrogens with one attached hydrogen (secondary N) is 2. The molecule has 8 heteroatoms. The molecule has 0 spiro atoms. The minimum absolute atomic E-state index is 0. The molecular formula is C21H34IN7. The fourth-order valence-electron chi connectivity index (χ4n) is 3.49. The molecule has 1 unspecified atom stereocenters. The quantitative estimate of drug-likeness (QED) is 0.340. The zero-order valence-corrected chi connectivity index (χ0v) is 20.0. The second kappa shape index (κ2) is 12.0. The summed E-state index contributed by atoms with van der Waals surface area (Å²) >= 11 is 0. The Morgan fingerprint density at radius 3 is 2.45 bits per heavy atom. The van der Waals surface area contributed by atoms with Crippen molar-refractivity contribution in [2.24, 2.45) is 12.0 Å². The van der Waals surface area contributed by atoms with Gasteiger partial charge in [0.1, 0.15) is 0 Å². The first-order valence-electron chi connectivity index (χ1n) is 10.2. The van der Waals surface area contributed by atoms with Gasteiger partial charge in [0, 0.05) is 64.2 Å². The highest BCUT2D eigenvalue weighted by molar-refractivity contribution is 14.0. The Bertz CT molecular complexity index is 738. The van der Waals surface area contributed by atoms with E-state index in [0.29, 0.717) is 12.6 Å². The number of rotatable bonds is 7. The Balaban J connectivity index is 0.00000300. The standard InChI is InChI=1S/C21H33N7.HI/c1-4-22-21(24-17-20-10-11-25-26(20)3)23-16-18(2)27-12-14-28(15-13-27)19-8-6-5-7-9-19;/h5-11,18H,4,12-17H2,1-3H3,(H2,22,23,24);1H. The maximum atomic E-state index is 4.69. The third kappa shape index (κ3) is 6.88. The molecule has 7 nitrogen and oxygen atoms in total. The van der Waals surface area contributed by atoms with Crippen molar-refractivity contribution in [1.29, 1.82) is 0 Å². The van der Waals surface area contributed by atoms with Crippen LogP contribution >= 0.6 is 24.0 Å². The lowest BCUT2D eigenvalue weighted by molar-refractivity contribution is 0.197. The number of anilines is 1. The first kappa shape index (κ1) is 23.5. The Morgan fingerprint density at radius 1 is 1.10 bits per heavy atom. The van der Waals surface area contributed by atoms with Crippen molar-refractivity contribution in [1.82, 2.24) is 25.3 Å². The molecule has 1 saturated heterocycles. The molecule has 1 aliphatic rings. The number of aromatic nitrogens is 2. The highest BCUT2D eigenvalue weighted by atomic mass is 127. The monoisotopic (exact) mass is 511 g/mol. The van der Waals surface area contributed by atoms with Crippen LogP contribution < -0.4 is 15.5 Å². The fourth-order valence-corrected chi connectivity index (χ4v) is 3.49. The lowest BCUT2D eigenvalue weighted by atomic mass is 10.2. The summed E-state index contributed by atoms with van der Waals surface area (Å²) in [5.41, 5.74) is 2.42. The van der Waals surface area contributed by atoms with Crippen molar-refractivity contribution in [2.45, 2.75) is 26.4 Å². The van der Waals surface area contributed by atoms with Crippen molar-refractivity contribution in [3.63, 3.8) is 0 Å². The molecule has 0 amide bonds. The molecular weight excluding hydrogens is 477 g/mol. The van der Waals surface area contributed by atoms with Gasteiger partial charge in [-0.1, -0.05) is 18.2 Å². The molecule has 1 fully saturated rings. The van der Waals surface area contributed by atoms with Crippen LogP contribution in [0, 0.1) is 0 Å². The Kier molecular flexibility index (Phi) is 9.72. The van der Waals surface area contributed by atoms with Crippen LogP contribution in [0.1, 0.15) is 19.5 Å². The van der Waals surface area contributed by atoms with E-state index in [1.54, 1.807) is 0 Å². The number of benzene rings is 1. The smallest absolute Gasteiger partial charge is 0.191 e. The number of piperazine rings is 1. The average molecular weight is 511 g/mol. The lowest BCUT2D eigenvalue weighted by Gasteiger charge is -2.39. The van der Waals surface area contributed by atoms with E-state index < -0.39 is 0 Å². The van der Waals surface area contributed by atoms with Gasteiger partial charge in [-0.15, -0.1) is 24.0 Å². The van der Waals surface area contributed by atoms with Crippen molar-refractivity contribution in [3.05, 3.63) is 48.3 Å². The maximum Gasteiger partial charge on any atom is 0.191 e. The van der Waals surface area contributed by atoms with Gasteiger partial charge in [0.05, 0.1) is 12.2 Å². The first-order chi connectivity index (χ1) is 13.7. The molecule has 1 aromatic carbocycles. The third-order valence-corrected chi connectivity index (χ3v) is 5.29. The Hall–Kier alpha value is -1.81. The van der Waals surface area contributed by atoms with Gasteiger partial charge in [0.25, 0.3) is 0 Å². The Morgan fingerprint density at radius 2 is 1.83 bits per heavy atom. The molecule has 2 N–H and O–H groups in total. The number of para-hydroxylation sites is 1. The van der Waals surface area contributed by atoms with Crippen LogP contribution in [-0.4, -0.2) is 66.0 Å². The number of hydrogen-bond acceptors (Lipinski definition) is 4. The molecule has 1 atom stereocenters. The van der Waals surface area contributed by atoms with E-state index in [4.69, 9.17) is 4.99 Å². The minimum Gasteiger partial charge on any atom is -0.369 e. The van der Waals surface area contributed by atoms with Crippen LogP contribution in [-0.2, 0) is 13.6 Å². The summed E-state index contributed by atoms with van der Waals surface area (Å²) in [6, 6.07) is 13.2. The van der Waals surface area contributed by atoms with E-state index in [0.717, 1.165) is 50.9 Å². The fraction of sp³-hybridized carbons (Fsp3) is 0.524. The highest BCUT2D eigenvalue weighted by Gasteiger charge is 2.21. The van der Waals surface area contributed by atoms with Crippen LogP contribution in [0.3, 0.4) is 0 Å². The van der Waals surface area contributed by atoms with Crippen LogP contribution in [0.4, 0.5) is 5.69 Å². The summed E-state index contributed by atoms with van der Waals surface area (Å²) < 4.78 is 1.86. The maximum absolute atomic E-state index is 4.69. The predicted molar refractivity (Wildman–Crippen MR) is 131 cm³/mol. The molecule has 1 aromatic heterocycles. The second-order valence-corrected chi connectivity index (χ2v) is 7.23. The van der Waals surface area contributed by atoms with Crippen molar-refractivity contribution >= 4 is 35.6 Å². The van der Waals surface area contributed by atoms with Crippen molar-refractivity contribution in [2.75, 3.05) is 44.2 Å². The van der Waals surface area contributed by atoms with E-state index in [2.05, 4.69) is 69.7 Å². The topological polar surface area (TPSA) is 60.7 Å². The zero-order chi connectivity index (χ0) is 19.8. The molecule has 3 rings (SSSR count). The molecule has 2 heterocycles. The largest absolute Gasteiger partial charge is 0.369 e. The molecule has 2 aromatic rings. The predicted octanol–water partition coefficient (Wildman–Crippen LogP) is 2.30. The van der Waals surface area contributed by atoms with Gasteiger partial charge in [-0.25, -0.2) is 4.99 Å². The third-order valence-electron chi connectivity index (χ3n) is 5.29. The number of nitrogens with zero attached hydrogens (tertiary/aromatic N) is 5. The van der Waals surface area contributed by atoms with Gasteiger partial charge >= 0.3 is 0 Å². The highest BCUT2D eigenvalue weighted by Crippen LogP contribution is 2.16. The molecule has 160 valence electrons. The molecule has 0 aliphatic carbocycles. The van der Waals surface area contributed by atoms with Crippen LogP contribution in [0.5, 0.6) is 0 Å². The summed E-state index contributed by atoms with van der Waals surface area (Å²) in [6.07, 6.45) is 1.81. The van der Waals surface area contributed by atoms with E-state index in [9.17, 15) is 0 Å². The van der Waals surface area contributed by atoms with Gasteiger partial charge in [0.2, 0.25) is 0 Å². The lowest BCUT2D eigenvalue weighted by Crippen LogP contribution is -2.53. The van der Waals surface area contributed by atoms with Crippen molar-refractivity contribution in [3.8, 4) is 0 Å². The number of hydrogen-bond donors (Lipinski definition) is 2. The number of guanidine groups is 1. The van der Waals surface area contributed by atoms with E-state index >= 15 is 0 Å². The van der Waals surface area contributed by atoms with E-state index in [-0.39, 0.29) is 24.0 Å². The SMILES string of the molecule is CCNC(=NCc1ccnn1C)NCC(C)N1CCN(c2ccccc2)CC1.I. The van der Waals surface area contributed by atoms with Crippen LogP contribution in [0.2, 0.25) is 0 Å². The molecule has 0 radical (unpaired) electrons. The van der Waals surface area contributed by atoms with Crippen LogP contribution in [0.15, 0.2) is 47.6 Å². The van der Waals surface area contributed by atoms with Gasteiger partial charge < -0.3 is 15.5 Å². The molecule has 0 bridgehead atoms.